The summed E-state index contributed by atoms with van der Waals surface area (Å²) in [5.74, 6) is 4.69. The number of nitrogen functional groups attached to an aromatic ring is 1. The summed E-state index contributed by atoms with van der Waals surface area (Å²) in [7, 11) is 3.27. The van der Waals surface area contributed by atoms with Gasteiger partial charge >= 0.3 is 6.18 Å². The maximum absolute atomic E-state index is 15.8. The Bertz CT molecular complexity index is 2060. The fraction of sp³-hybridized carbons (Fsp3) is 0.514. The Hall–Kier alpha value is -3.84. The van der Waals surface area contributed by atoms with Gasteiger partial charge in [-0.25, -0.2) is 14.4 Å². The number of halogens is 5. The van der Waals surface area contributed by atoms with Crippen molar-refractivity contribution in [3.8, 4) is 11.8 Å². The van der Waals surface area contributed by atoms with Crippen LogP contribution in [0.15, 0.2) is 23.4 Å². The molecular formula is C37H41ClF4N8O2S. The molecule has 0 unspecified atom stereocenters. The number of nitrogens with two attached hydrogens (primary N) is 1. The van der Waals surface area contributed by atoms with E-state index in [0.29, 0.717) is 46.6 Å². The third-order valence-corrected chi connectivity index (χ3v) is 12.3. The first-order valence-electron chi connectivity index (χ1n) is 17.5. The summed E-state index contributed by atoms with van der Waals surface area (Å²) in [6.07, 6.45) is -2.82. The van der Waals surface area contributed by atoms with Gasteiger partial charge in [-0.3, -0.25) is 14.4 Å². The number of hydrogen-bond donors (Lipinski definition) is 1. The molecule has 10 nitrogen and oxygen atoms in total. The molecule has 16 heteroatoms. The van der Waals surface area contributed by atoms with Crippen LogP contribution in [-0.2, 0) is 37.0 Å². The van der Waals surface area contributed by atoms with E-state index >= 15 is 4.39 Å². The molecule has 6 heterocycles. The third kappa shape index (κ3) is 6.77. The van der Waals surface area contributed by atoms with Crippen molar-refractivity contribution in [3.05, 3.63) is 68.4 Å². The fourth-order valence-corrected chi connectivity index (χ4v) is 9.56. The largest absolute Gasteiger partial charge is 0.418 e. The Labute approximate surface area is 315 Å². The summed E-state index contributed by atoms with van der Waals surface area (Å²) >= 11 is 8.34. The summed E-state index contributed by atoms with van der Waals surface area (Å²) in [6.45, 7) is 10.1. The quantitative estimate of drug-likeness (QED) is 0.0738. The molecule has 3 aromatic rings. The molecule has 0 spiro atoms. The second-order valence-electron chi connectivity index (χ2n) is 14.5. The lowest BCUT2D eigenvalue weighted by molar-refractivity contribution is -0.140. The first-order chi connectivity index (χ1) is 25.1. The van der Waals surface area contributed by atoms with E-state index in [-0.39, 0.29) is 47.8 Å². The number of nitrogens with zero attached hydrogens (tertiary/aromatic N) is 7. The standard InChI is InChI=1S/C37H41ClF4N8O2S/c1-6-8-22-13-24(43)31(39)28(29(22)37(40,41)42)27-14-25-23(18-52-27)33(45-35(44-25)53-19-36-10-7-11-48(36)16-20(2)15-36)49-17-26-30(38)32(34(51)47(4)5)46-50(26)12-9-21(49)3/h13,21,27H,2,7,9-12,14-19,43H2,1,3-5H3/t21-,27-,36-/m1/s1. The molecule has 2 aromatic heterocycles. The van der Waals surface area contributed by atoms with Gasteiger partial charge in [0.1, 0.15) is 5.82 Å². The van der Waals surface area contributed by atoms with E-state index < -0.39 is 40.5 Å². The second kappa shape index (κ2) is 14.1. The van der Waals surface area contributed by atoms with Gasteiger partial charge in [-0.1, -0.05) is 41.4 Å². The Morgan fingerprint density at radius 3 is 2.75 bits per heavy atom. The van der Waals surface area contributed by atoms with Crippen LogP contribution in [0, 0.1) is 17.7 Å². The van der Waals surface area contributed by atoms with E-state index in [9.17, 15) is 18.0 Å². The predicted octanol–water partition coefficient (Wildman–Crippen LogP) is 6.64. The van der Waals surface area contributed by atoms with Gasteiger partial charge in [-0.2, -0.15) is 18.3 Å². The van der Waals surface area contributed by atoms with E-state index in [1.54, 1.807) is 18.8 Å². The molecule has 2 saturated heterocycles. The highest BCUT2D eigenvalue weighted by atomic mass is 35.5. The molecule has 0 aliphatic carbocycles. The van der Waals surface area contributed by atoms with E-state index in [2.05, 4.69) is 33.3 Å². The van der Waals surface area contributed by atoms with Crippen LogP contribution in [-0.4, -0.2) is 80.0 Å². The van der Waals surface area contributed by atoms with Crippen LogP contribution in [0.4, 0.5) is 29.1 Å². The molecule has 0 radical (unpaired) electrons. The number of thioether (sulfide) groups is 1. The van der Waals surface area contributed by atoms with Crippen LogP contribution in [0.2, 0.25) is 5.02 Å². The minimum Gasteiger partial charge on any atom is -0.396 e. The number of hydrogen-bond acceptors (Lipinski definition) is 9. The molecule has 2 N–H and O–H groups in total. The maximum Gasteiger partial charge on any atom is 0.418 e. The van der Waals surface area contributed by atoms with E-state index in [1.807, 2.05) is 6.92 Å². The molecule has 4 aliphatic rings. The predicted molar refractivity (Wildman–Crippen MR) is 195 cm³/mol. The van der Waals surface area contributed by atoms with Gasteiger partial charge in [0.2, 0.25) is 0 Å². The number of carbonyl (C=O) groups excluding carboxylic acids is 1. The van der Waals surface area contributed by atoms with Crippen LogP contribution in [0.3, 0.4) is 0 Å². The lowest BCUT2D eigenvalue weighted by Crippen LogP contribution is -2.40. The summed E-state index contributed by atoms with van der Waals surface area (Å²) < 4.78 is 67.7. The van der Waals surface area contributed by atoms with Crippen LogP contribution in [0.1, 0.15) is 89.8 Å². The minimum atomic E-state index is -4.93. The third-order valence-electron chi connectivity index (χ3n) is 10.7. The zero-order valence-electron chi connectivity index (χ0n) is 30.0. The Balaban J connectivity index is 1.32. The first-order valence-corrected chi connectivity index (χ1v) is 18.9. The van der Waals surface area contributed by atoms with Crippen LogP contribution in [0.25, 0.3) is 0 Å². The molecular weight excluding hydrogens is 732 g/mol. The normalized spacial score (nSPS) is 22.9. The fourth-order valence-electron chi connectivity index (χ4n) is 8.13. The zero-order valence-corrected chi connectivity index (χ0v) is 31.6. The first kappa shape index (κ1) is 37.5. The van der Waals surface area contributed by atoms with Gasteiger partial charge in [0.25, 0.3) is 5.91 Å². The van der Waals surface area contributed by atoms with Crippen LogP contribution in [0.5, 0.6) is 0 Å². The van der Waals surface area contributed by atoms with Crippen molar-refractivity contribution in [3.63, 3.8) is 0 Å². The average molecular weight is 773 g/mol. The molecule has 53 heavy (non-hydrogen) atoms. The summed E-state index contributed by atoms with van der Waals surface area (Å²) in [4.78, 5) is 28.9. The molecule has 7 rings (SSSR count). The number of fused-ring (bicyclic) bond motifs is 3. The maximum atomic E-state index is 15.8. The molecule has 1 amide bonds. The number of amides is 1. The van der Waals surface area contributed by atoms with Crippen molar-refractivity contribution in [2.75, 3.05) is 43.6 Å². The molecule has 2 fully saturated rings. The number of carbonyl (C=O) groups is 1. The number of anilines is 2. The van der Waals surface area contributed by atoms with Crippen molar-refractivity contribution in [1.82, 2.24) is 29.5 Å². The molecule has 0 bridgehead atoms. The smallest absolute Gasteiger partial charge is 0.396 e. The van der Waals surface area contributed by atoms with Crippen molar-refractivity contribution in [2.24, 2.45) is 0 Å². The van der Waals surface area contributed by atoms with Crippen molar-refractivity contribution in [1.29, 1.82) is 0 Å². The zero-order chi connectivity index (χ0) is 38.0. The number of benzene rings is 1. The SMILES string of the molecule is C=C1CN2CCC[C@]2(CSc2nc3c(c(N4Cc5c(Cl)c(C(=O)N(C)C)nn5CC[C@H]4C)n2)CO[C@@H](c2c(F)c(N)cc(C#CC)c2C(F)(F)F)C3)C1. The highest BCUT2D eigenvalue weighted by molar-refractivity contribution is 7.99. The van der Waals surface area contributed by atoms with Crippen LogP contribution >= 0.6 is 23.4 Å². The van der Waals surface area contributed by atoms with E-state index in [0.717, 1.165) is 38.4 Å². The Morgan fingerprint density at radius 1 is 1.26 bits per heavy atom. The number of aryl methyl sites for hydroxylation is 1. The Kier molecular flexibility index (Phi) is 9.97. The highest BCUT2D eigenvalue weighted by Gasteiger charge is 2.46. The lowest BCUT2D eigenvalue weighted by atomic mass is 9.90. The highest BCUT2D eigenvalue weighted by Crippen LogP contribution is 2.47. The Morgan fingerprint density at radius 2 is 2.04 bits per heavy atom. The molecule has 0 saturated carbocycles. The summed E-state index contributed by atoms with van der Waals surface area (Å²) in [6, 6.07) is 0.831. The van der Waals surface area contributed by atoms with Crippen molar-refractivity contribution in [2.45, 2.75) is 94.7 Å². The minimum absolute atomic E-state index is 0.0683. The van der Waals surface area contributed by atoms with Gasteiger partial charge in [0.15, 0.2) is 16.7 Å². The molecule has 282 valence electrons. The van der Waals surface area contributed by atoms with Crippen molar-refractivity contribution < 1.29 is 27.1 Å². The van der Waals surface area contributed by atoms with Gasteiger partial charge < -0.3 is 20.3 Å². The lowest BCUT2D eigenvalue weighted by Gasteiger charge is -2.35. The monoisotopic (exact) mass is 772 g/mol. The molecule has 4 aliphatic heterocycles. The number of aromatic nitrogens is 4. The van der Waals surface area contributed by atoms with Gasteiger partial charge in [-0.15, -0.1) is 5.92 Å². The van der Waals surface area contributed by atoms with Gasteiger partial charge in [-0.05, 0) is 52.1 Å². The topological polar surface area (TPSA) is 106 Å². The number of rotatable bonds is 6. The summed E-state index contributed by atoms with van der Waals surface area (Å²) in [5, 5.41) is 5.27. The van der Waals surface area contributed by atoms with Crippen molar-refractivity contribution >= 4 is 40.8 Å². The number of ether oxygens (including phenoxy) is 1. The average Bonchev–Trinajstić information content (AvgIpc) is 3.69. The molecule has 3 atom stereocenters. The van der Waals surface area contributed by atoms with Crippen LogP contribution < -0.4 is 10.6 Å². The number of alkyl halides is 3. The summed E-state index contributed by atoms with van der Waals surface area (Å²) in [5.41, 5.74) is 6.15. The van der Waals surface area contributed by atoms with E-state index in [1.165, 1.54) is 29.2 Å². The van der Waals surface area contributed by atoms with Gasteiger partial charge in [0, 0.05) is 67.6 Å². The van der Waals surface area contributed by atoms with Gasteiger partial charge in [0.05, 0.1) is 46.9 Å². The molecule has 1 aromatic carbocycles. The van der Waals surface area contributed by atoms with E-state index in [4.69, 9.17) is 32.0 Å². The second-order valence-corrected chi connectivity index (χ2v) is 15.8.